The van der Waals surface area contributed by atoms with E-state index in [9.17, 15) is 39.7 Å². The Hall–Kier alpha value is -4.59. The minimum Gasteiger partial charge on any atom is -0.457 e. The van der Waals surface area contributed by atoms with Crippen molar-refractivity contribution >= 4 is 29.4 Å². The zero-order valence-corrected chi connectivity index (χ0v) is 18.8. The fraction of sp³-hybridized carbons (Fsp3) is 0.318. The number of nitro groups is 2. The lowest BCUT2D eigenvalue weighted by molar-refractivity contribution is -0.385. The van der Waals surface area contributed by atoms with Crippen molar-refractivity contribution in [2.45, 2.75) is 32.5 Å². The lowest BCUT2D eigenvalue weighted by Gasteiger charge is -2.42. The van der Waals surface area contributed by atoms with Gasteiger partial charge in [-0.05, 0) is 42.3 Å². The molecule has 3 rings (SSSR count). The highest BCUT2D eigenvalue weighted by atomic mass is 16.7. The number of hydrogen-bond acceptors (Lipinski definition) is 11. The van der Waals surface area contributed by atoms with Gasteiger partial charge in [-0.15, -0.1) is 0 Å². The largest absolute Gasteiger partial charge is 0.508 e. The summed E-state index contributed by atoms with van der Waals surface area (Å²) in [5, 5.41) is 31.4. The van der Waals surface area contributed by atoms with Gasteiger partial charge in [-0.3, -0.25) is 25.0 Å². The van der Waals surface area contributed by atoms with Gasteiger partial charge in [0, 0.05) is 30.8 Å². The number of aliphatic hydroxyl groups is 1. The first-order valence-corrected chi connectivity index (χ1v) is 10.5. The second-order valence-corrected chi connectivity index (χ2v) is 7.79. The quantitative estimate of drug-likeness (QED) is 0.216. The Morgan fingerprint density at radius 3 is 1.89 bits per heavy atom. The molecule has 0 spiro atoms. The predicted octanol–water partition coefficient (Wildman–Crippen LogP) is 2.06. The average Bonchev–Trinajstić information content (AvgIpc) is 2.85. The fourth-order valence-corrected chi connectivity index (χ4v) is 3.24. The fourth-order valence-electron chi connectivity index (χ4n) is 3.24. The number of aliphatic hydroxyl groups excluding tert-OH is 1. The van der Waals surface area contributed by atoms with Crippen LogP contribution in [0.5, 0.6) is 0 Å². The van der Waals surface area contributed by atoms with Gasteiger partial charge < -0.3 is 24.2 Å². The molecule has 0 aliphatic carbocycles. The molecule has 1 heterocycles. The minimum atomic E-state index is -1.87. The minimum absolute atomic E-state index is 0.0799. The number of nitrogens with zero attached hydrogens (tertiary/aromatic N) is 3. The Balaban J connectivity index is 1.41. The molecule has 3 atom stereocenters. The van der Waals surface area contributed by atoms with Gasteiger partial charge >= 0.3 is 12.1 Å². The molecule has 14 heteroatoms. The van der Waals surface area contributed by atoms with E-state index in [1.165, 1.54) is 55.5 Å². The highest BCUT2D eigenvalue weighted by molar-refractivity contribution is 5.90. The van der Waals surface area contributed by atoms with E-state index >= 15 is 0 Å². The van der Waals surface area contributed by atoms with Crippen LogP contribution in [-0.4, -0.2) is 56.8 Å². The first kappa shape index (κ1) is 26.0. The molecule has 1 amide bonds. The van der Waals surface area contributed by atoms with Crippen molar-refractivity contribution in [3.05, 3.63) is 79.9 Å². The van der Waals surface area contributed by atoms with Gasteiger partial charge in [-0.25, -0.2) is 9.59 Å². The number of non-ortho nitro benzene ring substituents is 2. The van der Waals surface area contributed by atoms with Gasteiger partial charge in [0.1, 0.15) is 19.3 Å². The number of amides is 1. The summed E-state index contributed by atoms with van der Waals surface area (Å²) < 4.78 is 15.0. The number of nitro benzene ring substituents is 2. The van der Waals surface area contributed by atoms with E-state index in [2.05, 4.69) is 0 Å². The number of esters is 1. The van der Waals surface area contributed by atoms with Crippen LogP contribution >= 0.6 is 0 Å². The molecule has 1 saturated heterocycles. The maximum absolute atomic E-state index is 12.4. The number of rotatable bonds is 10. The monoisotopic (exact) mass is 503 g/mol. The zero-order valence-electron chi connectivity index (χ0n) is 18.8. The van der Waals surface area contributed by atoms with E-state index in [1.807, 2.05) is 0 Å². The number of hydrogen-bond donors (Lipinski definition) is 1. The van der Waals surface area contributed by atoms with E-state index in [0.717, 1.165) is 4.90 Å². The molecule has 1 unspecified atom stereocenters. The normalized spacial score (nSPS) is 16.3. The molecule has 2 aromatic rings. The zero-order chi connectivity index (χ0) is 26.4. The SMILES string of the molecule is C[C@@H](OC(=O)OCc1ccc([N+](=O)[O-])cc1)[C@@H]1CN(C(O)C(=O)OCc2ccc([N+](=O)[O-])cc2)C1=O. The molecule has 0 saturated carbocycles. The number of likely N-dealkylation sites (tertiary alicyclic amines) is 1. The Bertz CT molecular complexity index is 1150. The lowest BCUT2D eigenvalue weighted by Crippen LogP contribution is -2.62. The van der Waals surface area contributed by atoms with Gasteiger partial charge in [0.2, 0.25) is 12.1 Å². The van der Waals surface area contributed by atoms with Crippen molar-refractivity contribution in [2.75, 3.05) is 6.54 Å². The van der Waals surface area contributed by atoms with E-state index in [-0.39, 0.29) is 31.1 Å². The number of carbonyl (C=O) groups excluding carboxylic acids is 3. The van der Waals surface area contributed by atoms with Crippen molar-refractivity contribution in [1.29, 1.82) is 0 Å². The Morgan fingerprint density at radius 1 is 0.972 bits per heavy atom. The molecule has 0 aromatic heterocycles. The second kappa shape index (κ2) is 11.2. The molecule has 2 aromatic carbocycles. The van der Waals surface area contributed by atoms with Crippen LogP contribution < -0.4 is 0 Å². The molecule has 1 aliphatic rings. The molecule has 14 nitrogen and oxygen atoms in total. The van der Waals surface area contributed by atoms with Crippen molar-refractivity contribution in [3.8, 4) is 0 Å². The van der Waals surface area contributed by atoms with E-state index in [1.54, 1.807) is 0 Å². The van der Waals surface area contributed by atoms with Gasteiger partial charge in [0.15, 0.2) is 0 Å². The summed E-state index contributed by atoms with van der Waals surface area (Å²) in [7, 11) is 0. The summed E-state index contributed by atoms with van der Waals surface area (Å²) in [5.74, 6) is -2.53. The van der Waals surface area contributed by atoms with Crippen LogP contribution in [0.2, 0.25) is 0 Å². The van der Waals surface area contributed by atoms with Crippen LogP contribution in [0.15, 0.2) is 48.5 Å². The summed E-state index contributed by atoms with van der Waals surface area (Å²) in [6, 6.07) is 10.6. The third-order valence-corrected chi connectivity index (χ3v) is 5.38. The highest BCUT2D eigenvalue weighted by Gasteiger charge is 2.47. The molecule has 1 fully saturated rings. The Morgan fingerprint density at radius 2 is 1.44 bits per heavy atom. The molecular weight excluding hydrogens is 482 g/mol. The van der Waals surface area contributed by atoms with Crippen LogP contribution in [0.4, 0.5) is 16.2 Å². The third kappa shape index (κ3) is 6.29. The van der Waals surface area contributed by atoms with Crippen LogP contribution in [0.25, 0.3) is 0 Å². The summed E-state index contributed by atoms with van der Waals surface area (Å²) in [4.78, 5) is 57.4. The Labute approximate surface area is 203 Å². The van der Waals surface area contributed by atoms with Gasteiger partial charge in [0.05, 0.1) is 15.8 Å². The van der Waals surface area contributed by atoms with Crippen molar-refractivity contribution in [2.24, 2.45) is 5.92 Å². The molecule has 1 N–H and O–H groups in total. The predicted molar refractivity (Wildman–Crippen MR) is 118 cm³/mol. The maximum Gasteiger partial charge on any atom is 0.508 e. The van der Waals surface area contributed by atoms with Crippen LogP contribution in [0.1, 0.15) is 18.1 Å². The first-order chi connectivity index (χ1) is 17.1. The van der Waals surface area contributed by atoms with E-state index in [0.29, 0.717) is 11.1 Å². The van der Waals surface area contributed by atoms with Crippen molar-refractivity contribution in [1.82, 2.24) is 4.90 Å². The number of benzene rings is 2. The molecule has 36 heavy (non-hydrogen) atoms. The summed E-state index contributed by atoms with van der Waals surface area (Å²) in [6.07, 6.45) is -3.84. The topological polar surface area (TPSA) is 189 Å². The maximum atomic E-state index is 12.4. The first-order valence-electron chi connectivity index (χ1n) is 10.5. The molecular formula is C22H21N3O11. The summed E-state index contributed by atoms with van der Waals surface area (Å²) in [6.45, 7) is 0.906. The van der Waals surface area contributed by atoms with Gasteiger partial charge in [-0.2, -0.15) is 0 Å². The second-order valence-electron chi connectivity index (χ2n) is 7.79. The summed E-state index contributed by atoms with van der Waals surface area (Å²) in [5.41, 5.74) is 0.698. The van der Waals surface area contributed by atoms with Crippen LogP contribution in [-0.2, 0) is 37.0 Å². The van der Waals surface area contributed by atoms with E-state index in [4.69, 9.17) is 14.2 Å². The number of carbonyl (C=O) groups is 3. The van der Waals surface area contributed by atoms with E-state index < -0.39 is 46.1 Å². The summed E-state index contributed by atoms with van der Waals surface area (Å²) >= 11 is 0. The smallest absolute Gasteiger partial charge is 0.457 e. The van der Waals surface area contributed by atoms with Crippen LogP contribution in [0.3, 0.4) is 0 Å². The van der Waals surface area contributed by atoms with Crippen LogP contribution in [0, 0.1) is 26.1 Å². The third-order valence-electron chi connectivity index (χ3n) is 5.38. The average molecular weight is 503 g/mol. The highest BCUT2D eigenvalue weighted by Crippen LogP contribution is 2.26. The molecule has 190 valence electrons. The van der Waals surface area contributed by atoms with Gasteiger partial charge in [-0.1, -0.05) is 0 Å². The van der Waals surface area contributed by atoms with Crippen molar-refractivity contribution in [3.63, 3.8) is 0 Å². The van der Waals surface area contributed by atoms with Crippen molar-refractivity contribution < 1.29 is 43.5 Å². The lowest BCUT2D eigenvalue weighted by atomic mass is 9.93. The van der Waals surface area contributed by atoms with Gasteiger partial charge in [0.25, 0.3) is 11.4 Å². The molecule has 0 radical (unpaired) electrons. The molecule has 0 bridgehead atoms. The number of β-lactam (4-membered cyclic amide) rings is 1. The molecule has 1 aliphatic heterocycles. The number of ether oxygens (including phenoxy) is 3. The Kier molecular flexibility index (Phi) is 8.11. The standard InChI is InChI=1S/C22H21N3O11/c1-13(36-22(29)35-12-15-4-8-17(9-5-15)25(32)33)18-10-23(19(18)26)20(27)21(28)34-11-14-2-6-16(7-3-14)24(30)31/h2-9,13,18,20,27H,10-12H2,1H3/t13-,18+,20?/m1/s1.